The van der Waals surface area contributed by atoms with Gasteiger partial charge in [-0.2, -0.15) is 0 Å². The van der Waals surface area contributed by atoms with Crippen molar-refractivity contribution in [1.29, 1.82) is 0 Å². The maximum Gasteiger partial charge on any atom is 0.338 e. The van der Waals surface area contributed by atoms with Gasteiger partial charge < -0.3 is 14.0 Å². The van der Waals surface area contributed by atoms with Gasteiger partial charge in [-0.1, -0.05) is 0 Å². The molecule has 0 saturated carbocycles. The molecule has 1 atom stereocenters. The molecule has 1 unspecified atom stereocenters. The number of anilines is 1. The second-order valence-corrected chi connectivity index (χ2v) is 9.96. The summed E-state index contributed by atoms with van der Waals surface area (Å²) >= 11 is 0. The fraction of sp³-hybridized carbons (Fsp3) is 0.577. The predicted octanol–water partition coefficient (Wildman–Crippen LogP) is 4.08. The van der Waals surface area contributed by atoms with Crippen molar-refractivity contribution in [2.75, 3.05) is 45.8 Å². The largest absolute Gasteiger partial charge is 0.459 e. The van der Waals surface area contributed by atoms with Gasteiger partial charge >= 0.3 is 5.97 Å². The van der Waals surface area contributed by atoms with E-state index in [1.807, 2.05) is 19.9 Å². The van der Waals surface area contributed by atoms with Crippen molar-refractivity contribution in [1.82, 2.24) is 19.2 Å². The second-order valence-electron chi connectivity index (χ2n) is 9.96. The first kappa shape index (κ1) is 23.6. The summed E-state index contributed by atoms with van der Waals surface area (Å²) in [6, 6.07) is 4.99. The molecule has 2 aliphatic heterocycles. The summed E-state index contributed by atoms with van der Waals surface area (Å²) in [4.78, 5) is 17.9. The summed E-state index contributed by atoms with van der Waals surface area (Å²) < 4.78 is 7.90. The van der Waals surface area contributed by atoms with E-state index >= 15 is 0 Å². The highest BCUT2D eigenvalue weighted by atomic mass is 16.5. The zero-order chi connectivity index (χ0) is 23.9. The number of piperidine rings is 1. The molecule has 2 aromatic rings. The number of likely N-dealkylation sites (tertiary alicyclic amines) is 1. The number of nitrogens with zero attached hydrogens (tertiary/aromatic N) is 5. The summed E-state index contributed by atoms with van der Waals surface area (Å²) in [5.41, 5.74) is 4.99. The maximum atomic E-state index is 13.0. The first-order valence-electron chi connectivity index (χ1n) is 12.1. The third-order valence-corrected chi connectivity index (χ3v) is 7.19. The molecule has 0 aliphatic carbocycles. The molecule has 4 rings (SSSR count). The van der Waals surface area contributed by atoms with Gasteiger partial charge in [-0.05, 0) is 78.4 Å². The van der Waals surface area contributed by atoms with E-state index < -0.39 is 0 Å². The monoisotopic (exact) mass is 453 g/mol. The fourth-order valence-corrected chi connectivity index (χ4v) is 5.26. The van der Waals surface area contributed by atoms with Crippen LogP contribution >= 0.6 is 0 Å². The average Bonchev–Trinajstić information content (AvgIpc) is 3.37. The summed E-state index contributed by atoms with van der Waals surface area (Å²) in [5, 5.41) is 4.33. The second kappa shape index (κ2) is 9.39. The van der Waals surface area contributed by atoms with Crippen LogP contribution in [-0.4, -0.2) is 78.1 Å². The van der Waals surface area contributed by atoms with Crippen molar-refractivity contribution in [3.05, 3.63) is 47.4 Å². The Labute approximate surface area is 198 Å². The first-order valence-corrected chi connectivity index (χ1v) is 12.1. The molecule has 4 heterocycles. The standard InChI is InChI=1S/C26H39N5O2/c1-18(2)33-26(32)24-16-22-15-23(31-12-8-11-28(31)7)17-30(22)25(19(24)3)20(4)29-13-9-21(10-14-29)27(5)6/h8,11,15-18,20-21H,9-10,12-14H2,1-7H3. The van der Waals surface area contributed by atoms with Gasteiger partial charge in [-0.15, -0.1) is 0 Å². The summed E-state index contributed by atoms with van der Waals surface area (Å²) in [7, 11) is 6.40. The topological polar surface area (TPSA) is 43.7 Å². The van der Waals surface area contributed by atoms with Crippen molar-refractivity contribution in [2.45, 2.75) is 58.7 Å². The van der Waals surface area contributed by atoms with Crippen LogP contribution in [0.3, 0.4) is 0 Å². The minimum Gasteiger partial charge on any atom is -0.459 e. The summed E-state index contributed by atoms with van der Waals surface area (Å²) in [6.45, 7) is 11.1. The molecule has 0 spiro atoms. The highest BCUT2D eigenvalue weighted by Crippen LogP contribution is 2.33. The molecular formula is C26H39N5O2. The van der Waals surface area contributed by atoms with E-state index in [9.17, 15) is 4.79 Å². The van der Waals surface area contributed by atoms with Crippen LogP contribution in [-0.2, 0) is 4.74 Å². The maximum absolute atomic E-state index is 13.0. The van der Waals surface area contributed by atoms with Crippen LogP contribution < -0.4 is 5.01 Å². The normalized spacial score (nSPS) is 18.8. The van der Waals surface area contributed by atoms with Crippen molar-refractivity contribution >= 4 is 17.2 Å². The Morgan fingerprint density at radius 2 is 1.85 bits per heavy atom. The van der Waals surface area contributed by atoms with Crippen LogP contribution in [0.25, 0.3) is 5.52 Å². The number of pyridine rings is 1. The minimum absolute atomic E-state index is 0.147. The number of ether oxygens (including phenoxy) is 1. The number of fused-ring (bicyclic) bond motifs is 1. The van der Waals surface area contributed by atoms with Gasteiger partial charge in [-0.25, -0.2) is 4.79 Å². The van der Waals surface area contributed by atoms with Crippen LogP contribution in [0.1, 0.15) is 61.3 Å². The smallest absolute Gasteiger partial charge is 0.338 e. The molecule has 0 amide bonds. The summed E-state index contributed by atoms with van der Waals surface area (Å²) in [6.07, 6.45) is 8.62. The molecule has 0 bridgehead atoms. The lowest BCUT2D eigenvalue weighted by Crippen LogP contribution is -2.43. The molecule has 1 fully saturated rings. The molecule has 180 valence electrons. The lowest BCUT2D eigenvalue weighted by molar-refractivity contribution is 0.0376. The van der Waals surface area contributed by atoms with Gasteiger partial charge in [0, 0.05) is 55.8 Å². The number of carbonyl (C=O) groups excluding carboxylic acids is 1. The molecule has 1 saturated heterocycles. The van der Waals surface area contributed by atoms with Gasteiger partial charge in [0.2, 0.25) is 0 Å². The van der Waals surface area contributed by atoms with E-state index in [0.717, 1.165) is 49.2 Å². The number of aromatic nitrogens is 1. The molecule has 0 radical (unpaired) electrons. The molecule has 2 aliphatic rings. The highest BCUT2D eigenvalue weighted by Gasteiger charge is 2.29. The number of hydrazine groups is 1. The number of esters is 1. The van der Waals surface area contributed by atoms with Gasteiger partial charge in [-0.3, -0.25) is 14.9 Å². The van der Waals surface area contributed by atoms with Crippen LogP contribution in [0.15, 0.2) is 30.6 Å². The van der Waals surface area contributed by atoms with E-state index in [2.05, 4.69) is 83.7 Å². The zero-order valence-corrected chi connectivity index (χ0v) is 21.2. The molecule has 7 heteroatoms. The van der Waals surface area contributed by atoms with Crippen LogP contribution in [0.2, 0.25) is 0 Å². The fourth-order valence-electron chi connectivity index (χ4n) is 5.26. The van der Waals surface area contributed by atoms with Crippen molar-refractivity contribution in [3.63, 3.8) is 0 Å². The van der Waals surface area contributed by atoms with Crippen molar-refractivity contribution in [2.24, 2.45) is 0 Å². The highest BCUT2D eigenvalue weighted by molar-refractivity contribution is 5.93. The Balaban J connectivity index is 1.75. The SMILES string of the molecule is Cc1c(C(=O)OC(C)C)cc2cc(N3CC=CN3C)cn2c1C(C)N1CCC(N(C)C)CC1. The Morgan fingerprint density at radius 1 is 1.15 bits per heavy atom. The van der Waals surface area contributed by atoms with Crippen LogP contribution in [0.4, 0.5) is 5.69 Å². The Hall–Kier alpha value is -2.51. The minimum atomic E-state index is -0.243. The third-order valence-electron chi connectivity index (χ3n) is 7.19. The number of carbonyl (C=O) groups is 1. The third kappa shape index (κ3) is 4.62. The van der Waals surface area contributed by atoms with E-state index in [-0.39, 0.29) is 18.1 Å². The number of rotatable bonds is 6. The number of hydrogen-bond acceptors (Lipinski definition) is 6. The Bertz CT molecular complexity index is 1030. The van der Waals surface area contributed by atoms with E-state index in [1.165, 1.54) is 5.69 Å². The molecule has 0 N–H and O–H groups in total. The van der Waals surface area contributed by atoms with Gasteiger partial charge in [0.15, 0.2) is 0 Å². The summed E-state index contributed by atoms with van der Waals surface area (Å²) in [5.74, 6) is -0.243. The first-order chi connectivity index (χ1) is 15.7. The Morgan fingerprint density at radius 3 is 2.42 bits per heavy atom. The van der Waals surface area contributed by atoms with E-state index in [0.29, 0.717) is 11.6 Å². The molecule has 0 aromatic carbocycles. The van der Waals surface area contributed by atoms with E-state index in [4.69, 9.17) is 4.74 Å². The predicted molar refractivity (Wildman–Crippen MR) is 134 cm³/mol. The van der Waals surface area contributed by atoms with Crippen LogP contribution in [0.5, 0.6) is 0 Å². The lowest BCUT2D eigenvalue weighted by atomic mass is 9.98. The van der Waals surface area contributed by atoms with Crippen molar-refractivity contribution in [3.8, 4) is 0 Å². The number of hydrogen-bond donors (Lipinski definition) is 0. The molecule has 2 aromatic heterocycles. The van der Waals surface area contributed by atoms with Crippen LogP contribution in [0, 0.1) is 6.92 Å². The lowest BCUT2D eigenvalue weighted by Gasteiger charge is -2.39. The molecule has 7 nitrogen and oxygen atoms in total. The Kier molecular flexibility index (Phi) is 6.73. The molecule has 33 heavy (non-hydrogen) atoms. The average molecular weight is 454 g/mol. The zero-order valence-electron chi connectivity index (χ0n) is 21.2. The van der Waals surface area contributed by atoms with Gasteiger partial charge in [0.25, 0.3) is 0 Å². The van der Waals surface area contributed by atoms with Gasteiger partial charge in [0.1, 0.15) is 0 Å². The van der Waals surface area contributed by atoms with Crippen molar-refractivity contribution < 1.29 is 9.53 Å². The van der Waals surface area contributed by atoms with E-state index in [1.54, 1.807) is 0 Å². The van der Waals surface area contributed by atoms with Gasteiger partial charge in [0.05, 0.1) is 23.9 Å². The quantitative estimate of drug-likeness (QED) is 0.614. The molecular weight excluding hydrogens is 414 g/mol.